The summed E-state index contributed by atoms with van der Waals surface area (Å²) in [6.07, 6.45) is 10.1. The number of benzene rings is 1. The second-order valence-corrected chi connectivity index (χ2v) is 11.6. The van der Waals surface area contributed by atoms with Crippen LogP contribution in [0, 0.1) is 11.8 Å². The molecule has 6 nitrogen and oxygen atoms in total. The van der Waals surface area contributed by atoms with Crippen LogP contribution in [-0.2, 0) is 11.2 Å². The van der Waals surface area contributed by atoms with Crippen molar-refractivity contribution in [2.45, 2.75) is 57.4 Å². The number of thioether (sulfide) groups is 1. The highest BCUT2D eigenvalue weighted by Crippen LogP contribution is 2.49. The van der Waals surface area contributed by atoms with Gasteiger partial charge in [0.2, 0.25) is 0 Å². The molecule has 3 atom stereocenters. The number of aliphatic hydroxyl groups excluding tert-OH is 1. The van der Waals surface area contributed by atoms with Crippen molar-refractivity contribution in [1.29, 1.82) is 0 Å². The Hall–Kier alpha value is -2.29. The Labute approximate surface area is 222 Å². The van der Waals surface area contributed by atoms with Crippen LogP contribution in [0.3, 0.4) is 0 Å². The third-order valence-corrected chi connectivity index (χ3v) is 9.03. The van der Waals surface area contributed by atoms with E-state index in [9.17, 15) is 4.79 Å². The summed E-state index contributed by atoms with van der Waals surface area (Å²) >= 11 is 7.06. The van der Waals surface area contributed by atoms with Crippen molar-refractivity contribution in [2.24, 2.45) is 11.8 Å². The van der Waals surface area contributed by atoms with Crippen LogP contribution < -0.4 is 9.47 Å². The summed E-state index contributed by atoms with van der Waals surface area (Å²) in [5.41, 5.74) is 1.88. The highest BCUT2D eigenvalue weighted by atomic mass is 32.2. The summed E-state index contributed by atoms with van der Waals surface area (Å²) in [4.78, 5) is 16.0. The predicted molar refractivity (Wildman–Crippen MR) is 146 cm³/mol. The number of methoxy groups -OCH3 is 2. The Balaban J connectivity index is 1.45. The largest absolute Gasteiger partial charge is 0.497 e. The van der Waals surface area contributed by atoms with Gasteiger partial charge in [-0.25, -0.2) is 0 Å². The molecule has 2 bridgehead atoms. The molecule has 1 amide bonds. The molecule has 2 aromatic rings. The Morgan fingerprint density at radius 3 is 2.53 bits per heavy atom. The van der Waals surface area contributed by atoms with Crippen molar-refractivity contribution < 1.29 is 23.8 Å². The SMILES string of the molecule is COc1cc(OC)cc(-c2cc(CCCCCO)c(C=C3SC(=S)N(C4CC5CCC4C5)C3=O)o2)c1. The minimum Gasteiger partial charge on any atom is -0.497 e. The van der Waals surface area contributed by atoms with Crippen molar-refractivity contribution in [3.8, 4) is 22.8 Å². The van der Waals surface area contributed by atoms with Crippen LogP contribution in [0.1, 0.15) is 56.3 Å². The van der Waals surface area contributed by atoms with Crippen molar-refractivity contribution in [2.75, 3.05) is 20.8 Å². The van der Waals surface area contributed by atoms with Crippen molar-refractivity contribution >= 4 is 40.3 Å². The Bertz CT molecular complexity index is 1150. The highest BCUT2D eigenvalue weighted by molar-refractivity contribution is 8.26. The fourth-order valence-electron chi connectivity index (χ4n) is 5.87. The average molecular weight is 528 g/mol. The molecule has 0 radical (unpaired) electrons. The smallest absolute Gasteiger partial charge is 0.266 e. The van der Waals surface area contributed by atoms with Gasteiger partial charge in [-0.05, 0) is 74.1 Å². The van der Waals surface area contributed by atoms with Gasteiger partial charge in [-0.3, -0.25) is 9.69 Å². The van der Waals surface area contributed by atoms with Crippen LogP contribution in [0.5, 0.6) is 11.5 Å². The molecule has 1 N–H and O–H groups in total. The lowest BCUT2D eigenvalue weighted by molar-refractivity contribution is -0.124. The molecule has 5 rings (SSSR count). The number of aliphatic hydroxyl groups is 1. The van der Waals surface area contributed by atoms with E-state index >= 15 is 0 Å². The number of aryl methyl sites for hydroxylation is 1. The predicted octanol–water partition coefficient (Wildman–Crippen LogP) is 6.06. The normalized spacial score (nSPS) is 24.4. The maximum Gasteiger partial charge on any atom is 0.266 e. The summed E-state index contributed by atoms with van der Waals surface area (Å²) in [7, 11) is 3.24. The van der Waals surface area contributed by atoms with Gasteiger partial charge in [0.25, 0.3) is 5.91 Å². The first kappa shape index (κ1) is 25.4. The van der Waals surface area contributed by atoms with Gasteiger partial charge in [-0.2, -0.15) is 0 Å². The first-order chi connectivity index (χ1) is 17.5. The van der Waals surface area contributed by atoms with Crippen molar-refractivity contribution in [1.82, 2.24) is 4.90 Å². The molecule has 0 spiro atoms. The van der Waals surface area contributed by atoms with E-state index in [1.54, 1.807) is 14.2 Å². The van der Waals surface area contributed by atoms with E-state index in [0.29, 0.717) is 38.2 Å². The molecule has 192 valence electrons. The molecule has 3 aliphatic rings. The minimum absolute atomic E-state index is 0.00906. The number of rotatable bonds is 10. The first-order valence-electron chi connectivity index (χ1n) is 12.7. The highest BCUT2D eigenvalue weighted by Gasteiger charge is 2.48. The van der Waals surface area contributed by atoms with E-state index in [4.69, 9.17) is 31.2 Å². The van der Waals surface area contributed by atoms with Crippen molar-refractivity contribution in [3.63, 3.8) is 0 Å². The fourth-order valence-corrected chi connectivity index (χ4v) is 7.21. The lowest BCUT2D eigenvalue weighted by atomic mass is 9.94. The van der Waals surface area contributed by atoms with Gasteiger partial charge in [-0.15, -0.1) is 0 Å². The molecule has 36 heavy (non-hydrogen) atoms. The zero-order chi connectivity index (χ0) is 25.2. The second kappa shape index (κ2) is 11.0. The van der Waals surface area contributed by atoms with Crippen LogP contribution in [0.25, 0.3) is 17.4 Å². The number of nitrogens with zero attached hydrogens (tertiary/aromatic N) is 1. The minimum atomic E-state index is 0.00906. The van der Waals surface area contributed by atoms with Crippen LogP contribution in [0.4, 0.5) is 0 Å². The van der Waals surface area contributed by atoms with Gasteiger partial charge in [-0.1, -0.05) is 36.8 Å². The van der Waals surface area contributed by atoms with E-state index in [0.717, 1.165) is 49.1 Å². The average Bonchev–Trinajstić information content (AvgIpc) is 3.66. The van der Waals surface area contributed by atoms with Crippen LogP contribution in [-0.4, -0.2) is 47.1 Å². The number of hydrogen-bond donors (Lipinski definition) is 1. The van der Waals surface area contributed by atoms with E-state index in [2.05, 4.69) is 0 Å². The van der Waals surface area contributed by atoms with E-state index in [-0.39, 0.29) is 18.6 Å². The lowest BCUT2D eigenvalue weighted by Gasteiger charge is -2.30. The fraction of sp³-hybridized carbons (Fsp3) is 0.500. The molecule has 3 unspecified atom stereocenters. The zero-order valence-electron chi connectivity index (χ0n) is 20.8. The Kier molecular flexibility index (Phi) is 7.74. The molecule has 1 aliphatic heterocycles. The third-order valence-electron chi connectivity index (χ3n) is 7.70. The van der Waals surface area contributed by atoms with Gasteiger partial charge in [0.1, 0.15) is 27.3 Å². The van der Waals surface area contributed by atoms with Gasteiger partial charge < -0.3 is 19.0 Å². The molecule has 2 saturated carbocycles. The molecular weight excluding hydrogens is 494 g/mol. The number of amides is 1. The molecule has 8 heteroatoms. The van der Waals surface area contributed by atoms with Crippen LogP contribution >= 0.6 is 24.0 Å². The maximum atomic E-state index is 13.5. The number of unbranched alkanes of at least 4 members (excludes halogenated alkanes) is 2. The summed E-state index contributed by atoms with van der Waals surface area (Å²) in [5, 5.41) is 9.16. The Morgan fingerprint density at radius 1 is 1.11 bits per heavy atom. The third kappa shape index (κ3) is 5.08. The maximum absolute atomic E-state index is 13.5. The van der Waals surface area contributed by atoms with Crippen LogP contribution in [0.2, 0.25) is 0 Å². The van der Waals surface area contributed by atoms with E-state index in [1.807, 2.05) is 35.2 Å². The number of hydrogen-bond acceptors (Lipinski definition) is 7. The number of ether oxygens (including phenoxy) is 2. The molecule has 2 aliphatic carbocycles. The number of carbonyl (C=O) groups is 1. The van der Waals surface area contributed by atoms with Gasteiger partial charge in [0, 0.05) is 30.4 Å². The van der Waals surface area contributed by atoms with E-state index < -0.39 is 0 Å². The summed E-state index contributed by atoms with van der Waals surface area (Å²) in [6.45, 7) is 0.193. The number of thiocarbonyl (C=S) groups is 1. The lowest BCUT2D eigenvalue weighted by Crippen LogP contribution is -2.41. The first-order valence-corrected chi connectivity index (χ1v) is 14.0. The van der Waals surface area contributed by atoms with Gasteiger partial charge in [0.05, 0.1) is 19.1 Å². The van der Waals surface area contributed by atoms with Crippen molar-refractivity contribution in [3.05, 3.63) is 40.5 Å². The molecule has 1 aromatic carbocycles. The molecule has 1 aromatic heterocycles. The Morgan fingerprint density at radius 2 is 1.89 bits per heavy atom. The molecule has 1 saturated heterocycles. The summed E-state index contributed by atoms with van der Waals surface area (Å²) < 4.78 is 17.9. The molecule has 3 fully saturated rings. The summed E-state index contributed by atoms with van der Waals surface area (Å²) in [6, 6.07) is 7.93. The van der Waals surface area contributed by atoms with Gasteiger partial charge in [0.15, 0.2) is 0 Å². The summed E-state index contributed by atoms with van der Waals surface area (Å²) in [5.74, 6) is 4.07. The zero-order valence-corrected chi connectivity index (χ0v) is 22.5. The number of furan rings is 1. The second-order valence-electron chi connectivity index (χ2n) is 9.93. The van der Waals surface area contributed by atoms with E-state index in [1.165, 1.54) is 31.0 Å². The number of fused-ring (bicyclic) bond motifs is 2. The number of carbonyl (C=O) groups excluding carboxylic acids is 1. The topological polar surface area (TPSA) is 72.1 Å². The standard InChI is InChI=1S/C28H33NO5S2/c1-32-21-12-20(13-22(15-21)33-2)24-14-19(6-4-3-5-9-30)25(34-24)16-26-27(31)29(28(35)36-26)23-11-17-7-8-18(23)10-17/h12-18,23,30H,3-11H2,1-2H3. The quantitative estimate of drug-likeness (QED) is 0.229. The monoisotopic (exact) mass is 527 g/mol. The van der Waals surface area contributed by atoms with Crippen LogP contribution in [0.15, 0.2) is 33.6 Å². The molecular formula is C28H33NO5S2. The molecule has 2 heterocycles. The van der Waals surface area contributed by atoms with Gasteiger partial charge >= 0.3 is 0 Å².